The van der Waals surface area contributed by atoms with Crippen LogP contribution >= 0.6 is 15.2 Å². The fraction of sp³-hybridized carbons (Fsp3) is 0.333. The van der Waals surface area contributed by atoms with Crippen molar-refractivity contribution in [2.45, 2.75) is 53.4 Å². The number of aromatic nitrogens is 4. The Balaban J connectivity index is 0.00000423. The molecule has 0 radical (unpaired) electrons. The number of rotatable bonds is 8. The molecule has 13 heteroatoms. The second-order valence-electron chi connectivity index (χ2n) is 11.0. The average molecular weight is 667 g/mol. The first-order valence-corrected chi connectivity index (χ1v) is 17.4. The Hall–Kier alpha value is -2.61. The summed E-state index contributed by atoms with van der Waals surface area (Å²) in [6.07, 6.45) is 2.94. The molecule has 230 valence electrons. The normalized spacial score (nSPS) is 13.7. The van der Waals surface area contributed by atoms with Crippen molar-refractivity contribution in [3.63, 3.8) is 0 Å². The molecule has 0 amide bonds. The molecule has 2 aliphatic rings. The van der Waals surface area contributed by atoms with Crippen LogP contribution in [-0.4, -0.2) is 41.9 Å². The molecule has 2 aliphatic heterocycles. The minimum Gasteiger partial charge on any atom is -0.658 e. The van der Waals surface area contributed by atoms with Crippen molar-refractivity contribution in [3.05, 3.63) is 69.8 Å². The number of hydrogen-bond donors (Lipinski definition) is 4. The van der Waals surface area contributed by atoms with E-state index in [9.17, 15) is 28.7 Å². The van der Waals surface area contributed by atoms with Gasteiger partial charge in [0.1, 0.15) is 0 Å². The molecule has 0 atom stereocenters. The first-order chi connectivity index (χ1) is 19.7. The molecule has 5 rings (SSSR count). The fourth-order valence-corrected chi connectivity index (χ4v) is 6.56. The monoisotopic (exact) mass is 666 g/mol. The molecule has 43 heavy (non-hydrogen) atoms. The van der Waals surface area contributed by atoms with Crippen LogP contribution in [0.25, 0.3) is 44.9 Å². The van der Waals surface area contributed by atoms with E-state index in [4.69, 9.17) is 19.9 Å². The molecule has 0 unspecified atom stereocenters. The van der Waals surface area contributed by atoms with E-state index in [1.54, 1.807) is 0 Å². The van der Waals surface area contributed by atoms with Crippen LogP contribution in [0, 0.1) is 13.8 Å². The second-order valence-corrected chi connectivity index (χ2v) is 14.6. The Bertz CT molecular complexity index is 1900. The van der Waals surface area contributed by atoms with Crippen molar-refractivity contribution in [2.75, 3.05) is 12.3 Å². The smallest absolute Gasteiger partial charge is 0.658 e. The van der Waals surface area contributed by atoms with Crippen LogP contribution in [0.1, 0.15) is 72.6 Å². The van der Waals surface area contributed by atoms with Crippen molar-refractivity contribution >= 4 is 60.1 Å². The van der Waals surface area contributed by atoms with Crippen LogP contribution in [0.15, 0.2) is 30.3 Å². The van der Waals surface area contributed by atoms with Gasteiger partial charge in [-0.3, -0.25) is 9.13 Å². The molecular formula is C30H34N4NiO6P2. The molecule has 0 fully saturated rings. The summed E-state index contributed by atoms with van der Waals surface area (Å²) in [7, 11) is -8.31. The summed E-state index contributed by atoms with van der Waals surface area (Å²) in [6, 6.07) is 9.67. The molecule has 3 aromatic rings. The number of nitrogens with zero attached hydrogens (tertiary/aromatic N) is 4. The van der Waals surface area contributed by atoms with E-state index in [-0.39, 0.29) is 41.7 Å². The van der Waals surface area contributed by atoms with Crippen LogP contribution < -0.4 is 9.97 Å². The van der Waals surface area contributed by atoms with Crippen LogP contribution in [0.4, 0.5) is 0 Å². The van der Waals surface area contributed by atoms with Crippen molar-refractivity contribution in [1.82, 2.24) is 19.9 Å². The van der Waals surface area contributed by atoms with E-state index in [1.807, 2.05) is 64.1 Å². The third-order valence-corrected chi connectivity index (χ3v) is 9.48. The van der Waals surface area contributed by atoms with Gasteiger partial charge in [0.15, 0.2) is 0 Å². The molecule has 5 heterocycles. The third-order valence-electron chi connectivity index (χ3n) is 7.68. The zero-order valence-electron chi connectivity index (χ0n) is 24.3. The zero-order chi connectivity index (χ0) is 30.4. The molecule has 0 saturated heterocycles. The Labute approximate surface area is 260 Å². The number of fused-ring (bicyclic) bond motifs is 8. The maximum Gasteiger partial charge on any atom is 2.00 e. The van der Waals surface area contributed by atoms with Crippen LogP contribution in [-0.2, 0) is 32.0 Å². The molecule has 10 nitrogen and oxygen atoms in total. The van der Waals surface area contributed by atoms with Gasteiger partial charge in [0.25, 0.3) is 0 Å². The van der Waals surface area contributed by atoms with Gasteiger partial charge in [-0.25, -0.2) is 9.97 Å². The van der Waals surface area contributed by atoms with E-state index in [0.29, 0.717) is 29.6 Å². The summed E-state index contributed by atoms with van der Waals surface area (Å²) in [5.74, 6) is 0. The SMILES string of the molecule is CC1=Cc2cc3[n-]c(cc4nc(cc5[n-]c(cc1n2)cc5C)C(C)=C4CCCP(=O)(O)O)c(CCCP(=O)(O)O)c3C.[Ni+2]. The van der Waals surface area contributed by atoms with Gasteiger partial charge in [0, 0.05) is 0 Å². The van der Waals surface area contributed by atoms with Gasteiger partial charge >= 0.3 is 31.7 Å². The van der Waals surface area contributed by atoms with Gasteiger partial charge in [0.05, 0.1) is 35.1 Å². The van der Waals surface area contributed by atoms with Gasteiger partial charge in [-0.05, 0) is 76.2 Å². The van der Waals surface area contributed by atoms with Crippen molar-refractivity contribution in [1.29, 1.82) is 0 Å². The molecule has 8 bridgehead atoms. The number of hydrogen-bond acceptors (Lipinski definition) is 4. The van der Waals surface area contributed by atoms with E-state index in [1.165, 1.54) is 0 Å². The molecule has 0 aliphatic carbocycles. The first kappa shape index (κ1) is 33.3. The van der Waals surface area contributed by atoms with E-state index in [0.717, 1.165) is 61.5 Å². The van der Waals surface area contributed by atoms with Crippen molar-refractivity contribution < 1.29 is 45.2 Å². The third kappa shape index (κ3) is 7.92. The summed E-state index contributed by atoms with van der Waals surface area (Å²) in [5.41, 5.74) is 11.4. The maximum absolute atomic E-state index is 11.6. The predicted molar refractivity (Wildman–Crippen MR) is 166 cm³/mol. The largest absolute Gasteiger partial charge is 2.00 e. The quantitative estimate of drug-likeness (QED) is 0.172. The van der Waals surface area contributed by atoms with Gasteiger partial charge < -0.3 is 29.5 Å². The molecule has 3 aromatic heterocycles. The maximum atomic E-state index is 11.6. The first-order valence-electron chi connectivity index (χ1n) is 13.8. The Morgan fingerprint density at radius 1 is 0.721 bits per heavy atom. The van der Waals surface area contributed by atoms with Crippen molar-refractivity contribution in [3.8, 4) is 0 Å². The summed E-state index contributed by atoms with van der Waals surface area (Å²) < 4.78 is 23.1. The van der Waals surface area contributed by atoms with Gasteiger partial charge in [-0.2, -0.15) is 0 Å². The zero-order valence-corrected chi connectivity index (χ0v) is 27.1. The summed E-state index contributed by atoms with van der Waals surface area (Å²) in [6.45, 7) is 7.88. The number of aryl methyl sites for hydroxylation is 3. The minimum atomic E-state index is -4.15. The Kier molecular flexibility index (Phi) is 9.90. The van der Waals surface area contributed by atoms with E-state index >= 15 is 0 Å². The molecule has 0 spiro atoms. The van der Waals surface area contributed by atoms with Crippen LogP contribution in [0.2, 0.25) is 0 Å². The van der Waals surface area contributed by atoms with Gasteiger partial charge in [-0.1, -0.05) is 47.0 Å². The van der Waals surface area contributed by atoms with Crippen LogP contribution in [0.3, 0.4) is 0 Å². The average Bonchev–Trinajstić information content (AvgIpc) is 3.56. The van der Waals surface area contributed by atoms with Gasteiger partial charge in [0.2, 0.25) is 0 Å². The Morgan fingerprint density at radius 2 is 1.37 bits per heavy atom. The summed E-state index contributed by atoms with van der Waals surface area (Å²) in [5, 5.41) is 0. The summed E-state index contributed by atoms with van der Waals surface area (Å²) >= 11 is 0. The van der Waals surface area contributed by atoms with Crippen LogP contribution in [0.5, 0.6) is 0 Å². The molecular weight excluding hydrogens is 633 g/mol. The molecule has 0 aromatic carbocycles. The second kappa shape index (κ2) is 12.8. The van der Waals surface area contributed by atoms with Crippen molar-refractivity contribution in [2.24, 2.45) is 0 Å². The Morgan fingerprint density at radius 3 is 2.05 bits per heavy atom. The molecule has 0 saturated carbocycles. The predicted octanol–water partition coefficient (Wildman–Crippen LogP) is 5.75. The fourth-order valence-electron chi connectivity index (χ4n) is 5.42. The van der Waals surface area contributed by atoms with E-state index < -0.39 is 15.2 Å². The summed E-state index contributed by atoms with van der Waals surface area (Å²) in [4.78, 5) is 57.2. The van der Waals surface area contributed by atoms with Gasteiger partial charge in [-0.15, -0.1) is 22.1 Å². The topological polar surface area (TPSA) is 169 Å². The molecule has 4 N–H and O–H groups in total. The minimum absolute atomic E-state index is 0. The standard InChI is InChI=1S/C30H34N4O6P2.Ni/c1-17-11-22-14-27-19(3)23(7-5-9-41(35,36)37)29(33-27)16-30-24(8-6-10-42(38,39)40)20(4)28(34-30)15-26-18(2)12-21(32-26)13-25(17)31-22;/h11-16H,5-10H2,1-4H3,(H2,35,36,37)(H2,38,39,40);/q-2;+2. The number of allylic oxidation sites excluding steroid dienone is 3. The van der Waals surface area contributed by atoms with E-state index in [2.05, 4.69) is 0 Å².